The van der Waals surface area contributed by atoms with Crippen LogP contribution in [0.1, 0.15) is 64.1 Å². The summed E-state index contributed by atoms with van der Waals surface area (Å²) in [4.78, 5) is 4.74. The Bertz CT molecular complexity index is 374. The Morgan fingerprint density at radius 2 is 2.17 bits per heavy atom. The molecule has 0 radical (unpaired) electrons. The smallest absolute Gasteiger partial charge is 0.107 e. The molecule has 1 atom stereocenters. The lowest BCUT2D eigenvalue weighted by Gasteiger charge is -2.16. The van der Waals surface area contributed by atoms with Crippen LogP contribution in [0.25, 0.3) is 0 Å². The monoisotopic (exact) mass is 266 g/mol. The van der Waals surface area contributed by atoms with Gasteiger partial charge in [-0.15, -0.1) is 11.3 Å². The Hall–Kier alpha value is -0.410. The van der Waals surface area contributed by atoms with E-state index in [1.54, 1.807) is 11.3 Å². The summed E-state index contributed by atoms with van der Waals surface area (Å²) in [5, 5.41) is 7.11. The van der Waals surface area contributed by atoms with E-state index >= 15 is 0 Å². The van der Waals surface area contributed by atoms with Gasteiger partial charge < -0.3 is 5.32 Å². The van der Waals surface area contributed by atoms with Gasteiger partial charge in [0, 0.05) is 23.4 Å². The Kier molecular flexibility index (Phi) is 4.44. The van der Waals surface area contributed by atoms with Gasteiger partial charge in [-0.25, -0.2) is 4.98 Å². The Morgan fingerprint density at radius 3 is 2.67 bits per heavy atom. The summed E-state index contributed by atoms with van der Waals surface area (Å²) in [6.45, 7) is 9.89. The third kappa shape index (κ3) is 4.06. The summed E-state index contributed by atoms with van der Waals surface area (Å²) >= 11 is 1.79. The van der Waals surface area contributed by atoms with Crippen molar-refractivity contribution in [3.05, 3.63) is 16.1 Å². The molecule has 1 aliphatic carbocycles. The first-order chi connectivity index (χ1) is 8.49. The lowest BCUT2D eigenvalue weighted by atomic mass is 9.93. The summed E-state index contributed by atoms with van der Waals surface area (Å²) in [5.41, 5.74) is 1.40. The third-order valence-electron chi connectivity index (χ3n) is 3.67. The van der Waals surface area contributed by atoms with Crippen LogP contribution in [0.5, 0.6) is 0 Å². The normalized spacial score (nSPS) is 18.0. The summed E-state index contributed by atoms with van der Waals surface area (Å²) in [6, 6.07) is 0.680. The van der Waals surface area contributed by atoms with Crippen LogP contribution in [0, 0.1) is 5.92 Å². The summed E-state index contributed by atoms with van der Waals surface area (Å²) in [7, 11) is 0. The van der Waals surface area contributed by atoms with Gasteiger partial charge in [0.1, 0.15) is 5.01 Å². The Labute approximate surface area is 115 Å². The van der Waals surface area contributed by atoms with Crippen LogP contribution < -0.4 is 5.32 Å². The largest absolute Gasteiger partial charge is 0.308 e. The van der Waals surface area contributed by atoms with E-state index in [1.807, 2.05) is 0 Å². The van der Waals surface area contributed by atoms with Crippen LogP contribution in [0.3, 0.4) is 0 Å². The van der Waals surface area contributed by atoms with Gasteiger partial charge in [0.05, 0.1) is 5.69 Å². The fraction of sp³-hybridized carbons (Fsp3) is 0.800. The molecule has 2 rings (SSSR count). The van der Waals surface area contributed by atoms with E-state index in [2.05, 4.69) is 38.4 Å². The van der Waals surface area contributed by atoms with Crippen molar-refractivity contribution in [1.29, 1.82) is 0 Å². The molecule has 102 valence electrons. The molecular formula is C15H26N2S. The van der Waals surface area contributed by atoms with Crippen molar-refractivity contribution < 1.29 is 0 Å². The molecular weight excluding hydrogens is 240 g/mol. The van der Waals surface area contributed by atoms with Crippen molar-refractivity contribution in [3.63, 3.8) is 0 Å². The molecule has 18 heavy (non-hydrogen) atoms. The molecule has 1 aromatic heterocycles. The fourth-order valence-electron chi connectivity index (χ4n) is 2.12. The van der Waals surface area contributed by atoms with Crippen molar-refractivity contribution >= 4 is 11.3 Å². The zero-order valence-electron chi connectivity index (χ0n) is 12.1. The van der Waals surface area contributed by atoms with Crippen LogP contribution in [-0.2, 0) is 12.0 Å². The quantitative estimate of drug-likeness (QED) is 0.838. The summed E-state index contributed by atoms with van der Waals surface area (Å²) < 4.78 is 0. The molecule has 2 nitrogen and oxygen atoms in total. The minimum atomic E-state index is 0.174. The first kappa shape index (κ1) is 14.0. The molecule has 1 aromatic rings. The molecule has 1 heterocycles. The standard InChI is InChI=1S/C15H26N2S/c1-5-12(8-11-6-7-11)16-9-14-17-13(10-18-14)15(2,3)4/h10-12,16H,5-9H2,1-4H3. The van der Waals surface area contributed by atoms with Gasteiger partial charge in [-0.05, 0) is 18.8 Å². The minimum absolute atomic E-state index is 0.174. The van der Waals surface area contributed by atoms with Gasteiger partial charge in [0.15, 0.2) is 0 Å². The maximum absolute atomic E-state index is 4.74. The predicted molar refractivity (Wildman–Crippen MR) is 79.1 cm³/mol. The lowest BCUT2D eigenvalue weighted by molar-refractivity contribution is 0.443. The number of aromatic nitrogens is 1. The fourth-order valence-corrected chi connectivity index (χ4v) is 3.09. The molecule has 0 amide bonds. The molecule has 3 heteroatoms. The molecule has 1 unspecified atom stereocenters. The predicted octanol–water partition coefficient (Wildman–Crippen LogP) is 4.11. The van der Waals surface area contributed by atoms with Crippen molar-refractivity contribution in [2.45, 2.75) is 71.4 Å². The summed E-state index contributed by atoms with van der Waals surface area (Å²) in [5.74, 6) is 1.00. The third-order valence-corrected chi connectivity index (χ3v) is 4.52. The van der Waals surface area contributed by atoms with Crippen LogP contribution in [-0.4, -0.2) is 11.0 Å². The average Bonchev–Trinajstić information content (AvgIpc) is 2.97. The van der Waals surface area contributed by atoms with Gasteiger partial charge >= 0.3 is 0 Å². The number of hydrogen-bond acceptors (Lipinski definition) is 3. The Balaban J connectivity index is 1.83. The number of nitrogens with zero attached hydrogens (tertiary/aromatic N) is 1. The number of nitrogens with one attached hydrogen (secondary N) is 1. The SMILES string of the molecule is CCC(CC1CC1)NCc1nc(C(C)(C)C)cs1. The molecule has 0 spiro atoms. The lowest BCUT2D eigenvalue weighted by Crippen LogP contribution is -2.28. The van der Waals surface area contributed by atoms with E-state index < -0.39 is 0 Å². The molecule has 0 aromatic carbocycles. The van der Waals surface area contributed by atoms with Gasteiger partial charge in [-0.3, -0.25) is 0 Å². The zero-order valence-corrected chi connectivity index (χ0v) is 12.9. The van der Waals surface area contributed by atoms with Crippen molar-refractivity contribution in [1.82, 2.24) is 10.3 Å². The highest BCUT2D eigenvalue weighted by Crippen LogP contribution is 2.34. The highest BCUT2D eigenvalue weighted by atomic mass is 32.1. The van der Waals surface area contributed by atoms with Gasteiger partial charge in [0.25, 0.3) is 0 Å². The van der Waals surface area contributed by atoms with E-state index in [0.717, 1.165) is 12.5 Å². The van der Waals surface area contributed by atoms with Crippen molar-refractivity contribution in [2.75, 3.05) is 0 Å². The summed E-state index contributed by atoms with van der Waals surface area (Å²) in [6.07, 6.45) is 5.48. The molecule has 1 saturated carbocycles. The average molecular weight is 266 g/mol. The van der Waals surface area contributed by atoms with Gasteiger partial charge in [-0.1, -0.05) is 40.5 Å². The second kappa shape index (κ2) is 5.70. The second-order valence-corrected chi connectivity index (χ2v) is 7.48. The highest BCUT2D eigenvalue weighted by Gasteiger charge is 2.24. The zero-order chi connectivity index (χ0) is 13.2. The Morgan fingerprint density at radius 1 is 1.44 bits per heavy atom. The second-order valence-electron chi connectivity index (χ2n) is 6.54. The van der Waals surface area contributed by atoms with Crippen LogP contribution >= 0.6 is 11.3 Å². The molecule has 1 aliphatic rings. The topological polar surface area (TPSA) is 24.9 Å². The molecule has 1 fully saturated rings. The molecule has 0 bridgehead atoms. The number of hydrogen-bond donors (Lipinski definition) is 1. The van der Waals surface area contributed by atoms with Crippen LogP contribution in [0.2, 0.25) is 0 Å². The number of rotatable bonds is 6. The molecule has 1 N–H and O–H groups in total. The molecule has 0 saturated heterocycles. The first-order valence-electron chi connectivity index (χ1n) is 7.17. The maximum Gasteiger partial charge on any atom is 0.107 e. The minimum Gasteiger partial charge on any atom is -0.308 e. The maximum atomic E-state index is 4.74. The molecule has 0 aliphatic heterocycles. The van der Waals surface area contributed by atoms with Crippen LogP contribution in [0.15, 0.2) is 5.38 Å². The van der Waals surface area contributed by atoms with Gasteiger partial charge in [0.2, 0.25) is 0 Å². The van der Waals surface area contributed by atoms with Crippen LogP contribution in [0.4, 0.5) is 0 Å². The van der Waals surface area contributed by atoms with E-state index in [9.17, 15) is 0 Å². The highest BCUT2D eigenvalue weighted by molar-refractivity contribution is 7.09. The van der Waals surface area contributed by atoms with Crippen molar-refractivity contribution in [2.24, 2.45) is 5.92 Å². The van der Waals surface area contributed by atoms with E-state index in [-0.39, 0.29) is 5.41 Å². The van der Waals surface area contributed by atoms with E-state index in [0.29, 0.717) is 6.04 Å². The van der Waals surface area contributed by atoms with Crippen molar-refractivity contribution in [3.8, 4) is 0 Å². The van der Waals surface area contributed by atoms with Gasteiger partial charge in [-0.2, -0.15) is 0 Å². The van der Waals surface area contributed by atoms with E-state index in [4.69, 9.17) is 4.98 Å². The number of thiazole rings is 1. The van der Waals surface area contributed by atoms with E-state index in [1.165, 1.54) is 36.4 Å². The first-order valence-corrected chi connectivity index (χ1v) is 8.05.